The highest BCUT2D eigenvalue weighted by Gasteiger charge is 2.33. The average molecular weight is 200 g/mol. The molecule has 82 valence electrons. The number of ether oxygens (including phenoxy) is 1. The topological polar surface area (TPSA) is 58.7 Å². The molecule has 3 atom stereocenters. The molecule has 1 aliphatic carbocycles. The fourth-order valence-corrected chi connectivity index (χ4v) is 2.60. The minimum absolute atomic E-state index is 0.194. The number of nitrogens with two attached hydrogens (primary N) is 1. The van der Waals surface area contributed by atoms with E-state index < -0.39 is 0 Å². The van der Waals surface area contributed by atoms with Gasteiger partial charge in [-0.05, 0) is 19.3 Å². The van der Waals surface area contributed by atoms with Crippen molar-refractivity contribution < 1.29 is 9.84 Å². The van der Waals surface area contributed by atoms with E-state index in [9.17, 15) is 5.11 Å². The predicted molar refractivity (Wildman–Crippen MR) is 54.0 cm³/mol. The molecule has 1 saturated carbocycles. The van der Waals surface area contributed by atoms with Crippen molar-refractivity contribution in [2.45, 2.75) is 37.4 Å². The first-order valence-corrected chi connectivity index (χ1v) is 5.51. The van der Waals surface area contributed by atoms with Crippen LogP contribution in [0.5, 0.6) is 0 Å². The molecular weight excluding hydrogens is 180 g/mol. The number of aliphatic hydroxyl groups excluding tert-OH is 1. The second-order valence-corrected chi connectivity index (χ2v) is 4.38. The van der Waals surface area contributed by atoms with Crippen molar-refractivity contribution in [2.75, 3.05) is 26.4 Å². The molecular formula is C10H20N2O2. The Kier molecular flexibility index (Phi) is 3.38. The van der Waals surface area contributed by atoms with Gasteiger partial charge in [0.25, 0.3) is 0 Å². The molecule has 0 bridgehead atoms. The van der Waals surface area contributed by atoms with Crippen molar-refractivity contribution in [2.24, 2.45) is 5.73 Å². The maximum atomic E-state index is 9.23. The third kappa shape index (κ3) is 2.08. The first-order valence-electron chi connectivity index (χ1n) is 5.51. The lowest BCUT2D eigenvalue weighted by Gasteiger charge is -2.38. The summed E-state index contributed by atoms with van der Waals surface area (Å²) in [5, 5.41) is 9.23. The lowest BCUT2D eigenvalue weighted by atomic mass is 10.1. The van der Waals surface area contributed by atoms with Crippen LogP contribution < -0.4 is 5.73 Å². The van der Waals surface area contributed by atoms with E-state index in [2.05, 4.69) is 4.90 Å². The van der Waals surface area contributed by atoms with Gasteiger partial charge in [0.1, 0.15) is 0 Å². The molecule has 3 N–H and O–H groups in total. The number of nitrogens with zero attached hydrogens (tertiary/aromatic N) is 1. The molecule has 0 spiro atoms. The summed E-state index contributed by atoms with van der Waals surface area (Å²) in [6.07, 6.45) is 3.38. The van der Waals surface area contributed by atoms with Crippen molar-refractivity contribution >= 4 is 0 Å². The first-order chi connectivity index (χ1) is 6.81. The van der Waals surface area contributed by atoms with Crippen LogP contribution in [0.4, 0.5) is 0 Å². The van der Waals surface area contributed by atoms with Crippen LogP contribution in [0.25, 0.3) is 0 Å². The quantitative estimate of drug-likeness (QED) is 0.634. The van der Waals surface area contributed by atoms with E-state index in [0.29, 0.717) is 18.7 Å². The Bertz CT molecular complexity index is 189. The standard InChI is InChI=1S/C10H20N2O2/c11-8-1-2-9(5-8)12-3-4-14-7-10(12)6-13/h8-10,13H,1-7,11H2. The van der Waals surface area contributed by atoms with Gasteiger partial charge >= 0.3 is 0 Å². The number of morpholine rings is 1. The smallest absolute Gasteiger partial charge is 0.0644 e. The van der Waals surface area contributed by atoms with E-state index in [4.69, 9.17) is 10.5 Å². The number of aliphatic hydroxyl groups is 1. The van der Waals surface area contributed by atoms with Crippen molar-refractivity contribution in [3.05, 3.63) is 0 Å². The van der Waals surface area contributed by atoms with Gasteiger partial charge in [-0.3, -0.25) is 4.90 Å². The van der Waals surface area contributed by atoms with Gasteiger partial charge in [-0.25, -0.2) is 0 Å². The first kappa shape index (κ1) is 10.4. The van der Waals surface area contributed by atoms with Crippen LogP contribution in [-0.4, -0.2) is 54.5 Å². The summed E-state index contributed by atoms with van der Waals surface area (Å²) in [5.41, 5.74) is 5.90. The Hall–Kier alpha value is -0.160. The van der Waals surface area contributed by atoms with E-state index >= 15 is 0 Å². The number of rotatable bonds is 2. The molecule has 2 rings (SSSR count). The molecule has 0 aromatic carbocycles. The molecule has 0 amide bonds. The van der Waals surface area contributed by atoms with Crippen LogP contribution in [0.3, 0.4) is 0 Å². The van der Waals surface area contributed by atoms with Crippen LogP contribution >= 0.6 is 0 Å². The summed E-state index contributed by atoms with van der Waals surface area (Å²) in [6, 6.07) is 1.13. The van der Waals surface area contributed by atoms with Gasteiger partial charge < -0.3 is 15.6 Å². The molecule has 1 heterocycles. The zero-order chi connectivity index (χ0) is 9.97. The molecule has 2 aliphatic rings. The van der Waals surface area contributed by atoms with Crippen LogP contribution in [0.2, 0.25) is 0 Å². The Labute approximate surface area is 85.0 Å². The van der Waals surface area contributed by atoms with E-state index in [1.165, 1.54) is 6.42 Å². The zero-order valence-corrected chi connectivity index (χ0v) is 8.56. The third-order valence-electron chi connectivity index (χ3n) is 3.40. The summed E-state index contributed by atoms with van der Waals surface area (Å²) >= 11 is 0. The van der Waals surface area contributed by atoms with Gasteiger partial charge in [0.05, 0.1) is 25.9 Å². The molecule has 4 nitrogen and oxygen atoms in total. The van der Waals surface area contributed by atoms with Gasteiger partial charge in [0.15, 0.2) is 0 Å². The third-order valence-corrected chi connectivity index (χ3v) is 3.40. The highest BCUT2D eigenvalue weighted by molar-refractivity contribution is 4.89. The second kappa shape index (κ2) is 4.57. The van der Waals surface area contributed by atoms with Gasteiger partial charge in [0, 0.05) is 18.6 Å². The van der Waals surface area contributed by atoms with Crippen molar-refractivity contribution in [1.29, 1.82) is 0 Å². The lowest BCUT2D eigenvalue weighted by molar-refractivity contribution is -0.0461. The molecule has 0 aromatic rings. The second-order valence-electron chi connectivity index (χ2n) is 4.38. The molecule has 2 fully saturated rings. The van der Waals surface area contributed by atoms with Crippen LogP contribution in [0.1, 0.15) is 19.3 Å². The van der Waals surface area contributed by atoms with E-state index in [-0.39, 0.29) is 12.6 Å². The van der Waals surface area contributed by atoms with Gasteiger partial charge in [0.2, 0.25) is 0 Å². The van der Waals surface area contributed by atoms with Crippen LogP contribution in [0, 0.1) is 0 Å². The highest BCUT2D eigenvalue weighted by Crippen LogP contribution is 2.25. The lowest BCUT2D eigenvalue weighted by Crippen LogP contribution is -2.51. The molecule has 4 heteroatoms. The largest absolute Gasteiger partial charge is 0.395 e. The average Bonchev–Trinajstić information content (AvgIpc) is 2.65. The maximum absolute atomic E-state index is 9.23. The minimum atomic E-state index is 0.194. The molecule has 0 radical (unpaired) electrons. The molecule has 1 saturated heterocycles. The zero-order valence-electron chi connectivity index (χ0n) is 8.56. The van der Waals surface area contributed by atoms with Gasteiger partial charge in [-0.2, -0.15) is 0 Å². The van der Waals surface area contributed by atoms with Gasteiger partial charge in [-0.1, -0.05) is 0 Å². The SMILES string of the molecule is NC1CCC(N2CCOCC2CO)C1. The fraction of sp³-hybridized carbons (Fsp3) is 1.00. The Morgan fingerprint density at radius 2 is 2.29 bits per heavy atom. The molecule has 1 aliphatic heterocycles. The summed E-state index contributed by atoms with van der Waals surface area (Å²) in [6.45, 7) is 2.61. The van der Waals surface area contributed by atoms with Crippen molar-refractivity contribution in [3.63, 3.8) is 0 Å². The van der Waals surface area contributed by atoms with Crippen molar-refractivity contribution in [1.82, 2.24) is 4.90 Å². The number of hydrogen-bond acceptors (Lipinski definition) is 4. The summed E-state index contributed by atoms with van der Waals surface area (Å²) in [7, 11) is 0. The maximum Gasteiger partial charge on any atom is 0.0644 e. The predicted octanol–water partition coefficient (Wildman–Crippen LogP) is -0.441. The highest BCUT2D eigenvalue weighted by atomic mass is 16.5. The van der Waals surface area contributed by atoms with E-state index in [0.717, 1.165) is 26.0 Å². The molecule has 0 aromatic heterocycles. The van der Waals surface area contributed by atoms with Crippen LogP contribution in [-0.2, 0) is 4.74 Å². The van der Waals surface area contributed by atoms with Crippen LogP contribution in [0.15, 0.2) is 0 Å². The van der Waals surface area contributed by atoms with E-state index in [1.807, 2.05) is 0 Å². The Balaban J connectivity index is 1.93. The fourth-order valence-electron chi connectivity index (χ4n) is 2.60. The monoisotopic (exact) mass is 200 g/mol. The summed E-state index contributed by atoms with van der Waals surface area (Å²) < 4.78 is 5.36. The number of hydrogen-bond donors (Lipinski definition) is 2. The van der Waals surface area contributed by atoms with Crippen molar-refractivity contribution in [3.8, 4) is 0 Å². The molecule has 14 heavy (non-hydrogen) atoms. The normalized spacial score (nSPS) is 40.3. The van der Waals surface area contributed by atoms with Gasteiger partial charge in [-0.15, -0.1) is 0 Å². The molecule has 3 unspecified atom stereocenters. The van der Waals surface area contributed by atoms with E-state index in [1.54, 1.807) is 0 Å². The Morgan fingerprint density at radius 3 is 2.93 bits per heavy atom. The summed E-state index contributed by atoms with van der Waals surface area (Å²) in [4.78, 5) is 2.39. The minimum Gasteiger partial charge on any atom is -0.395 e. The Morgan fingerprint density at radius 1 is 1.43 bits per heavy atom. The summed E-state index contributed by atoms with van der Waals surface area (Å²) in [5.74, 6) is 0.